The van der Waals surface area contributed by atoms with Gasteiger partial charge in [-0.05, 0) is 75.2 Å². The van der Waals surface area contributed by atoms with Gasteiger partial charge in [0.15, 0.2) is 0 Å². The number of alkyl halides is 3. The Morgan fingerprint density at radius 3 is 2.67 bits per heavy atom. The van der Waals surface area contributed by atoms with Gasteiger partial charge in [-0.25, -0.2) is 4.39 Å². The second kappa shape index (κ2) is 10.3. The van der Waals surface area contributed by atoms with E-state index >= 15 is 0 Å². The third-order valence-electron chi connectivity index (χ3n) is 6.16. The molecule has 0 amide bonds. The van der Waals surface area contributed by atoms with Crippen molar-refractivity contribution in [3.8, 4) is 22.8 Å². The fourth-order valence-electron chi connectivity index (χ4n) is 4.53. The summed E-state index contributed by atoms with van der Waals surface area (Å²) in [4.78, 5) is 18.4. The number of nitrogens with zero attached hydrogens (tertiary/aromatic N) is 4. The first kappa shape index (κ1) is 25.6. The molecule has 7 nitrogen and oxygen atoms in total. The Balaban J connectivity index is 1.64. The monoisotopic (exact) mass is 506 g/mol. The van der Waals surface area contributed by atoms with Gasteiger partial charge in [0.2, 0.25) is 5.82 Å². The molecule has 1 N–H and O–H groups in total. The molecule has 3 aromatic rings. The summed E-state index contributed by atoms with van der Waals surface area (Å²) in [6, 6.07) is 7.97. The quantitative estimate of drug-likeness (QED) is 0.426. The fraction of sp³-hybridized carbons (Fsp3) is 0.400. The van der Waals surface area contributed by atoms with Gasteiger partial charge in [0, 0.05) is 35.9 Å². The molecule has 1 saturated heterocycles. The van der Waals surface area contributed by atoms with E-state index in [1.807, 2.05) is 6.92 Å². The highest BCUT2D eigenvalue weighted by Crippen LogP contribution is 2.41. The van der Waals surface area contributed by atoms with Crippen molar-refractivity contribution in [2.75, 3.05) is 25.0 Å². The number of carbonyl (C=O) groups is 1. The molecule has 0 bridgehead atoms. The highest BCUT2D eigenvalue weighted by Gasteiger charge is 2.37. The third kappa shape index (κ3) is 5.84. The molecule has 36 heavy (non-hydrogen) atoms. The summed E-state index contributed by atoms with van der Waals surface area (Å²) in [5, 5.41) is 12.7. The van der Waals surface area contributed by atoms with Crippen LogP contribution >= 0.6 is 0 Å². The SMILES string of the molecule is CC1CCCCN1c1ccc(-c2nc(-c3cc(F)cc(CN(C)CC(=O)O)c3)no2)cc1C(F)(F)F. The number of aliphatic carboxylic acids is 1. The van der Waals surface area contributed by atoms with E-state index in [0.29, 0.717) is 12.1 Å². The molecule has 0 aliphatic carbocycles. The van der Waals surface area contributed by atoms with Crippen LogP contribution in [-0.2, 0) is 17.5 Å². The molecule has 0 saturated carbocycles. The number of piperidine rings is 1. The highest BCUT2D eigenvalue weighted by molar-refractivity contribution is 5.69. The van der Waals surface area contributed by atoms with E-state index in [9.17, 15) is 22.4 Å². The zero-order valence-electron chi connectivity index (χ0n) is 19.8. The molecule has 0 radical (unpaired) electrons. The molecule has 11 heteroatoms. The Bertz CT molecular complexity index is 1240. The molecule has 1 unspecified atom stereocenters. The number of hydrogen-bond acceptors (Lipinski definition) is 6. The predicted molar refractivity (Wildman–Crippen MR) is 125 cm³/mol. The van der Waals surface area contributed by atoms with E-state index in [-0.39, 0.29) is 47.7 Å². The van der Waals surface area contributed by atoms with Crippen LogP contribution in [0.2, 0.25) is 0 Å². The van der Waals surface area contributed by atoms with Gasteiger partial charge in [-0.1, -0.05) is 5.16 Å². The molecule has 2 aromatic carbocycles. The van der Waals surface area contributed by atoms with Gasteiger partial charge in [0.05, 0.1) is 12.1 Å². The average molecular weight is 507 g/mol. The summed E-state index contributed by atoms with van der Waals surface area (Å²) in [5.74, 6) is -1.72. The van der Waals surface area contributed by atoms with Crippen molar-refractivity contribution in [1.82, 2.24) is 15.0 Å². The summed E-state index contributed by atoms with van der Waals surface area (Å²) < 4.78 is 61.5. The third-order valence-corrected chi connectivity index (χ3v) is 6.16. The summed E-state index contributed by atoms with van der Waals surface area (Å²) in [7, 11) is 1.58. The molecule has 2 heterocycles. The van der Waals surface area contributed by atoms with Gasteiger partial charge in [-0.3, -0.25) is 9.69 Å². The standard InChI is InChI=1S/C25H26F4N4O3/c1-15-5-3-4-8-33(15)21-7-6-17(12-20(21)25(27,28)29)24-30-23(31-36-24)18-9-16(10-19(26)11-18)13-32(2)14-22(34)35/h6-7,9-12,15H,3-5,8,13-14H2,1-2H3,(H,34,35). The topological polar surface area (TPSA) is 82.7 Å². The molecular weight excluding hydrogens is 480 g/mol. The summed E-state index contributed by atoms with van der Waals surface area (Å²) in [6.07, 6.45) is -1.93. The van der Waals surface area contributed by atoms with E-state index in [1.54, 1.807) is 18.0 Å². The van der Waals surface area contributed by atoms with Crippen LogP contribution in [0.4, 0.5) is 23.2 Å². The number of carboxylic acids is 1. The first-order valence-corrected chi connectivity index (χ1v) is 11.5. The minimum atomic E-state index is -4.58. The Hall–Kier alpha value is -3.47. The molecule has 1 aliphatic heterocycles. The van der Waals surface area contributed by atoms with Crippen LogP contribution < -0.4 is 4.90 Å². The highest BCUT2D eigenvalue weighted by atomic mass is 19.4. The lowest BCUT2D eigenvalue weighted by molar-refractivity contribution is -0.138. The lowest BCUT2D eigenvalue weighted by atomic mass is 9.99. The van der Waals surface area contributed by atoms with Crippen molar-refractivity contribution in [2.45, 2.75) is 44.9 Å². The first-order valence-electron chi connectivity index (χ1n) is 11.5. The summed E-state index contributed by atoms with van der Waals surface area (Å²) in [5.41, 5.74) is 0.201. The lowest BCUT2D eigenvalue weighted by Gasteiger charge is -2.37. The second-order valence-electron chi connectivity index (χ2n) is 9.11. The van der Waals surface area contributed by atoms with Crippen LogP contribution in [0.25, 0.3) is 22.8 Å². The summed E-state index contributed by atoms with van der Waals surface area (Å²) >= 11 is 0. The van der Waals surface area contributed by atoms with Crippen molar-refractivity contribution in [3.05, 3.63) is 53.3 Å². The van der Waals surface area contributed by atoms with Crippen LogP contribution in [0.3, 0.4) is 0 Å². The van der Waals surface area contributed by atoms with Crippen molar-refractivity contribution >= 4 is 11.7 Å². The minimum absolute atomic E-state index is 0.00239. The molecule has 1 fully saturated rings. The van der Waals surface area contributed by atoms with E-state index in [1.165, 1.54) is 29.2 Å². The number of benzene rings is 2. The van der Waals surface area contributed by atoms with Crippen molar-refractivity contribution in [3.63, 3.8) is 0 Å². The van der Waals surface area contributed by atoms with Gasteiger partial charge >= 0.3 is 12.1 Å². The predicted octanol–water partition coefficient (Wildman–Crippen LogP) is 5.46. The van der Waals surface area contributed by atoms with E-state index in [0.717, 1.165) is 25.3 Å². The second-order valence-corrected chi connectivity index (χ2v) is 9.11. The van der Waals surface area contributed by atoms with Gasteiger partial charge in [0.1, 0.15) is 5.82 Å². The van der Waals surface area contributed by atoms with Gasteiger partial charge in [0.25, 0.3) is 5.89 Å². The van der Waals surface area contributed by atoms with Crippen molar-refractivity contribution in [2.24, 2.45) is 0 Å². The van der Waals surface area contributed by atoms with Crippen LogP contribution in [0, 0.1) is 5.82 Å². The Morgan fingerprint density at radius 1 is 1.19 bits per heavy atom. The summed E-state index contributed by atoms with van der Waals surface area (Å²) in [6.45, 7) is 2.40. The van der Waals surface area contributed by atoms with Crippen molar-refractivity contribution in [1.29, 1.82) is 0 Å². The molecule has 1 aliphatic rings. The molecule has 1 aromatic heterocycles. The molecule has 192 valence electrons. The maximum absolute atomic E-state index is 14.2. The van der Waals surface area contributed by atoms with Gasteiger partial charge < -0.3 is 14.5 Å². The number of anilines is 1. The maximum Gasteiger partial charge on any atom is 0.418 e. The zero-order chi connectivity index (χ0) is 26.0. The number of carboxylic acid groups (broad SMARTS) is 1. The molecule has 0 spiro atoms. The van der Waals surface area contributed by atoms with Gasteiger partial charge in [-0.2, -0.15) is 18.2 Å². The normalized spacial score (nSPS) is 16.5. The average Bonchev–Trinajstić information content (AvgIpc) is 3.28. The van der Waals surface area contributed by atoms with E-state index < -0.39 is 23.5 Å². The maximum atomic E-state index is 14.2. The Labute approximate surface area is 205 Å². The number of likely N-dealkylation sites (N-methyl/N-ethyl adjacent to an activating group) is 1. The van der Waals surface area contributed by atoms with E-state index in [4.69, 9.17) is 9.63 Å². The number of aromatic nitrogens is 2. The van der Waals surface area contributed by atoms with Crippen LogP contribution in [-0.4, -0.2) is 52.3 Å². The smallest absolute Gasteiger partial charge is 0.418 e. The van der Waals surface area contributed by atoms with Crippen LogP contribution in [0.1, 0.15) is 37.3 Å². The molecular formula is C25H26F4N4O3. The zero-order valence-corrected chi connectivity index (χ0v) is 19.8. The minimum Gasteiger partial charge on any atom is -0.480 e. The Kier molecular flexibility index (Phi) is 7.30. The number of rotatable bonds is 7. The van der Waals surface area contributed by atoms with Crippen molar-refractivity contribution < 1.29 is 32.0 Å². The molecule has 1 atom stereocenters. The van der Waals surface area contributed by atoms with Gasteiger partial charge in [-0.15, -0.1) is 0 Å². The number of halogens is 4. The van der Waals surface area contributed by atoms with Crippen LogP contribution in [0.5, 0.6) is 0 Å². The molecule has 4 rings (SSSR count). The Morgan fingerprint density at radius 2 is 1.97 bits per heavy atom. The first-order chi connectivity index (χ1) is 17.0. The largest absolute Gasteiger partial charge is 0.480 e. The fourth-order valence-corrected chi connectivity index (χ4v) is 4.53. The van der Waals surface area contributed by atoms with E-state index in [2.05, 4.69) is 10.1 Å². The number of hydrogen-bond donors (Lipinski definition) is 1. The van der Waals surface area contributed by atoms with Crippen LogP contribution in [0.15, 0.2) is 40.9 Å². The lowest BCUT2D eigenvalue weighted by Crippen LogP contribution is -2.38.